The normalized spacial score (nSPS) is 20.0. The molecule has 21 heavy (non-hydrogen) atoms. The first-order valence-electron chi connectivity index (χ1n) is 8.35. The van der Waals surface area contributed by atoms with Crippen molar-refractivity contribution in [3.63, 3.8) is 0 Å². The Kier molecular flexibility index (Phi) is 6.74. The van der Waals surface area contributed by atoms with Crippen molar-refractivity contribution in [3.8, 4) is 0 Å². The molecular formula is C17H30N2O2. The summed E-state index contributed by atoms with van der Waals surface area (Å²) >= 11 is 0. The van der Waals surface area contributed by atoms with Crippen LogP contribution in [0.2, 0.25) is 0 Å². The van der Waals surface area contributed by atoms with Crippen molar-refractivity contribution in [1.82, 2.24) is 10.2 Å². The molecule has 4 heteroatoms. The number of ether oxygens (including phenoxy) is 1. The minimum Gasteiger partial charge on any atom is -0.465 e. The van der Waals surface area contributed by atoms with Crippen LogP contribution >= 0.6 is 0 Å². The molecular weight excluding hydrogens is 264 g/mol. The molecule has 1 saturated heterocycles. The number of piperidine rings is 1. The average molecular weight is 294 g/mol. The van der Waals surface area contributed by atoms with Gasteiger partial charge in [-0.15, -0.1) is 0 Å². The van der Waals surface area contributed by atoms with Crippen LogP contribution in [-0.2, 0) is 17.8 Å². The van der Waals surface area contributed by atoms with Gasteiger partial charge in [0.15, 0.2) is 0 Å². The number of furan rings is 1. The van der Waals surface area contributed by atoms with Crippen molar-refractivity contribution in [2.24, 2.45) is 0 Å². The minimum atomic E-state index is 0.399. The predicted molar refractivity (Wildman–Crippen MR) is 85.4 cm³/mol. The highest BCUT2D eigenvalue weighted by atomic mass is 16.5. The van der Waals surface area contributed by atoms with E-state index in [0.29, 0.717) is 6.10 Å². The summed E-state index contributed by atoms with van der Waals surface area (Å²) < 4.78 is 11.8. The number of aryl methyl sites for hydroxylation is 1. The van der Waals surface area contributed by atoms with Crippen molar-refractivity contribution < 1.29 is 9.15 Å². The smallest absolute Gasteiger partial charge is 0.118 e. The lowest BCUT2D eigenvalue weighted by Gasteiger charge is -2.31. The van der Waals surface area contributed by atoms with Gasteiger partial charge in [0.05, 0.1) is 12.6 Å². The molecule has 1 aromatic heterocycles. The largest absolute Gasteiger partial charge is 0.465 e. The molecule has 1 atom stereocenters. The van der Waals surface area contributed by atoms with E-state index in [4.69, 9.17) is 9.15 Å². The number of rotatable bonds is 8. The van der Waals surface area contributed by atoms with Gasteiger partial charge in [0.1, 0.15) is 11.5 Å². The summed E-state index contributed by atoms with van der Waals surface area (Å²) in [5.41, 5.74) is 1.28. The molecule has 1 fully saturated rings. The molecule has 1 N–H and O–H groups in total. The lowest BCUT2D eigenvalue weighted by molar-refractivity contribution is -0.00377. The summed E-state index contributed by atoms with van der Waals surface area (Å²) in [5, 5.41) is 3.36. The Morgan fingerprint density at radius 3 is 3.05 bits per heavy atom. The topological polar surface area (TPSA) is 37.6 Å². The molecule has 4 nitrogen and oxygen atoms in total. The maximum Gasteiger partial charge on any atom is 0.118 e. The van der Waals surface area contributed by atoms with Crippen molar-refractivity contribution in [2.75, 3.05) is 26.2 Å². The number of likely N-dealkylation sites (tertiary alicyclic amines) is 1. The molecule has 2 heterocycles. The summed E-state index contributed by atoms with van der Waals surface area (Å²) in [4.78, 5) is 2.46. The quantitative estimate of drug-likeness (QED) is 0.799. The van der Waals surface area contributed by atoms with Gasteiger partial charge in [-0.05, 0) is 45.3 Å². The van der Waals surface area contributed by atoms with Crippen LogP contribution < -0.4 is 5.32 Å². The van der Waals surface area contributed by atoms with Crippen LogP contribution in [0.15, 0.2) is 10.5 Å². The van der Waals surface area contributed by atoms with E-state index >= 15 is 0 Å². The van der Waals surface area contributed by atoms with Crippen LogP contribution in [0.5, 0.6) is 0 Å². The van der Waals surface area contributed by atoms with Crippen LogP contribution in [0.3, 0.4) is 0 Å². The van der Waals surface area contributed by atoms with Crippen molar-refractivity contribution in [2.45, 2.75) is 59.2 Å². The van der Waals surface area contributed by atoms with Gasteiger partial charge in [0.2, 0.25) is 0 Å². The van der Waals surface area contributed by atoms with E-state index in [2.05, 4.69) is 37.1 Å². The Bertz CT molecular complexity index is 417. The zero-order valence-electron chi connectivity index (χ0n) is 13.8. The van der Waals surface area contributed by atoms with Crippen LogP contribution in [0.1, 0.15) is 50.2 Å². The van der Waals surface area contributed by atoms with Gasteiger partial charge in [-0.1, -0.05) is 13.8 Å². The fraction of sp³-hybridized carbons (Fsp3) is 0.765. The van der Waals surface area contributed by atoms with Crippen molar-refractivity contribution in [3.05, 3.63) is 23.2 Å². The van der Waals surface area contributed by atoms with E-state index in [0.717, 1.165) is 57.3 Å². The second-order valence-corrected chi connectivity index (χ2v) is 5.94. The maximum atomic E-state index is 5.91. The molecule has 1 aliphatic rings. The average Bonchev–Trinajstić information content (AvgIpc) is 2.83. The third kappa shape index (κ3) is 5.13. The summed E-state index contributed by atoms with van der Waals surface area (Å²) in [6.45, 7) is 12.2. The Morgan fingerprint density at radius 1 is 1.43 bits per heavy atom. The van der Waals surface area contributed by atoms with E-state index in [1.807, 2.05) is 0 Å². The van der Waals surface area contributed by atoms with Gasteiger partial charge in [-0.25, -0.2) is 0 Å². The van der Waals surface area contributed by atoms with E-state index < -0.39 is 0 Å². The monoisotopic (exact) mass is 294 g/mol. The number of hydrogen-bond donors (Lipinski definition) is 1. The number of hydrogen-bond acceptors (Lipinski definition) is 4. The Labute approximate surface area is 128 Å². The van der Waals surface area contributed by atoms with Crippen molar-refractivity contribution >= 4 is 0 Å². The molecule has 1 aromatic rings. The Morgan fingerprint density at radius 2 is 2.29 bits per heavy atom. The first-order valence-corrected chi connectivity index (χ1v) is 8.35. The second kappa shape index (κ2) is 8.57. The highest BCUT2D eigenvalue weighted by Gasteiger charge is 2.21. The molecule has 0 aromatic carbocycles. The molecule has 1 aliphatic heterocycles. The highest BCUT2D eigenvalue weighted by molar-refractivity contribution is 5.20. The van der Waals surface area contributed by atoms with Crippen LogP contribution in [0.25, 0.3) is 0 Å². The zero-order valence-corrected chi connectivity index (χ0v) is 13.8. The molecule has 0 spiro atoms. The van der Waals surface area contributed by atoms with Gasteiger partial charge in [-0.3, -0.25) is 4.90 Å². The zero-order chi connectivity index (χ0) is 15.1. The van der Waals surface area contributed by atoms with Gasteiger partial charge in [-0.2, -0.15) is 0 Å². The van der Waals surface area contributed by atoms with Gasteiger partial charge < -0.3 is 14.5 Å². The van der Waals surface area contributed by atoms with Crippen LogP contribution in [0, 0.1) is 6.92 Å². The highest BCUT2D eigenvalue weighted by Crippen LogP contribution is 2.20. The van der Waals surface area contributed by atoms with E-state index in [1.54, 1.807) is 0 Å². The second-order valence-electron chi connectivity index (χ2n) is 5.94. The van der Waals surface area contributed by atoms with Crippen LogP contribution in [-0.4, -0.2) is 37.2 Å². The summed E-state index contributed by atoms with van der Waals surface area (Å²) in [6, 6.07) is 2.20. The first-order chi connectivity index (χ1) is 10.2. The standard InChI is InChI=1S/C17H30N2O2/c1-4-9-20-16-7-6-8-19(12-16)13-17-10-15(11-18-5-2)14(3)21-17/h10,16,18H,4-9,11-13H2,1-3H3. The molecule has 0 radical (unpaired) electrons. The Balaban J connectivity index is 1.85. The fourth-order valence-electron chi connectivity index (χ4n) is 2.90. The van der Waals surface area contributed by atoms with E-state index in [9.17, 15) is 0 Å². The molecule has 2 rings (SSSR count). The maximum absolute atomic E-state index is 5.91. The fourth-order valence-corrected chi connectivity index (χ4v) is 2.90. The lowest BCUT2D eigenvalue weighted by Crippen LogP contribution is -2.39. The van der Waals surface area contributed by atoms with Crippen molar-refractivity contribution in [1.29, 1.82) is 0 Å². The molecule has 0 amide bonds. The van der Waals surface area contributed by atoms with Gasteiger partial charge in [0, 0.05) is 25.3 Å². The minimum absolute atomic E-state index is 0.399. The van der Waals surface area contributed by atoms with E-state index in [-0.39, 0.29) is 0 Å². The molecule has 1 unspecified atom stereocenters. The predicted octanol–water partition coefficient (Wildman–Crippen LogP) is 3.09. The summed E-state index contributed by atoms with van der Waals surface area (Å²) in [6.07, 6.45) is 3.91. The van der Waals surface area contributed by atoms with Crippen LogP contribution in [0.4, 0.5) is 0 Å². The van der Waals surface area contributed by atoms with Gasteiger partial charge in [0.25, 0.3) is 0 Å². The Hall–Kier alpha value is -0.840. The number of nitrogens with one attached hydrogen (secondary N) is 1. The lowest BCUT2D eigenvalue weighted by atomic mass is 10.1. The molecule has 120 valence electrons. The number of nitrogens with zero attached hydrogens (tertiary/aromatic N) is 1. The third-order valence-electron chi connectivity index (χ3n) is 4.04. The third-order valence-corrected chi connectivity index (χ3v) is 4.04. The molecule has 0 bridgehead atoms. The first kappa shape index (κ1) is 16.5. The summed E-state index contributed by atoms with van der Waals surface area (Å²) in [7, 11) is 0. The van der Waals surface area contributed by atoms with Gasteiger partial charge >= 0.3 is 0 Å². The molecule has 0 aliphatic carbocycles. The summed E-state index contributed by atoms with van der Waals surface area (Å²) in [5.74, 6) is 2.12. The molecule has 0 saturated carbocycles. The van der Waals surface area contributed by atoms with E-state index in [1.165, 1.54) is 18.4 Å². The SMILES string of the molecule is CCCOC1CCCN(Cc2cc(CNCC)c(C)o2)C1.